The molecule has 0 saturated heterocycles. The molecule has 9 heteroatoms. The van der Waals surface area contributed by atoms with Gasteiger partial charge < -0.3 is 31.5 Å². The molecule has 2 aromatic rings. The van der Waals surface area contributed by atoms with Crippen LogP contribution in [0.1, 0.15) is 99.1 Å². The number of halogens is 1. The molecule has 2 aromatic carbocycles. The van der Waals surface area contributed by atoms with Crippen molar-refractivity contribution >= 4 is 31.0 Å². The highest BCUT2D eigenvalue weighted by molar-refractivity contribution is 7.57. The maximum atomic E-state index is 7.00. The molecule has 0 aromatic heterocycles. The Morgan fingerprint density at radius 1 is 0.959 bits per heavy atom. The Kier molecular flexibility index (Phi) is 14.4. The molecule has 0 spiro atoms. The molecule has 2 aliphatic heterocycles. The third kappa shape index (κ3) is 9.16. The topological polar surface area (TPSA) is 69.7 Å². The third-order valence-electron chi connectivity index (χ3n) is 9.43. The van der Waals surface area contributed by atoms with Crippen molar-refractivity contribution < 1.29 is 31.1 Å². The lowest BCUT2D eigenvalue weighted by atomic mass is 9.81. The molecule has 2 aliphatic rings. The van der Waals surface area contributed by atoms with Crippen molar-refractivity contribution in [2.24, 2.45) is 9.74 Å². The number of hydrogen-bond donors (Lipinski definition) is 1. The van der Waals surface area contributed by atoms with Crippen molar-refractivity contribution in [3.63, 3.8) is 0 Å². The zero-order valence-electron chi connectivity index (χ0n) is 32.3. The quantitative estimate of drug-likeness (QED) is 0.0608. The number of unbranched alkanes of at least 4 members (excludes halogenated alkanes) is 2. The SMILES string of the molecule is [3H]OCCCCCN1C(=CC=CC2=[N+](CCCOP(=NC(C)C)(OC=NCC)C(C)C)c3ccccc3C2(C)C)C(C)(C)c2ccccc21.[Cl-]. The van der Waals surface area contributed by atoms with E-state index in [0.29, 0.717) is 19.8 Å². The van der Waals surface area contributed by atoms with Gasteiger partial charge in [-0.05, 0) is 71.6 Å². The van der Waals surface area contributed by atoms with E-state index in [-0.39, 0.29) is 34.9 Å². The number of para-hydroxylation sites is 2. The molecule has 0 bridgehead atoms. The smallest absolute Gasteiger partial charge is 0.266 e. The lowest BCUT2D eigenvalue weighted by Gasteiger charge is -2.27. The van der Waals surface area contributed by atoms with Gasteiger partial charge in [0.1, 0.15) is 0 Å². The van der Waals surface area contributed by atoms with Crippen LogP contribution >= 0.6 is 7.51 Å². The summed E-state index contributed by atoms with van der Waals surface area (Å²) in [6.45, 7) is 23.2. The Labute approximate surface area is 304 Å². The molecule has 1 unspecified atom stereocenters. The Balaban J connectivity index is 0.00000676. The first-order valence-electron chi connectivity index (χ1n) is 18.3. The maximum Gasteiger partial charge on any atom is 0.266 e. The van der Waals surface area contributed by atoms with Crippen molar-refractivity contribution in [1.29, 1.82) is 1.43 Å². The van der Waals surface area contributed by atoms with E-state index < -0.39 is 7.51 Å². The van der Waals surface area contributed by atoms with E-state index >= 15 is 0 Å². The van der Waals surface area contributed by atoms with E-state index in [2.05, 4.69) is 142 Å². The maximum absolute atomic E-state index is 7.00. The number of allylic oxidation sites excluding steroid dienone is 4. The summed E-state index contributed by atoms with van der Waals surface area (Å²) in [7, 11) is -2.50. The molecule has 0 fully saturated rings. The molecule has 0 radical (unpaired) electrons. The van der Waals surface area contributed by atoms with Crippen LogP contribution < -0.4 is 17.3 Å². The summed E-state index contributed by atoms with van der Waals surface area (Å²) in [6, 6.07) is 17.7. The zero-order chi connectivity index (χ0) is 35.7. The molecule has 0 saturated carbocycles. The van der Waals surface area contributed by atoms with Crippen LogP contribution in [0, 0.1) is 0 Å². The lowest BCUT2D eigenvalue weighted by molar-refractivity contribution is -0.438. The minimum Gasteiger partial charge on any atom is -1.00 e. The molecule has 4 rings (SSSR count). The molecule has 7 nitrogen and oxygen atoms in total. The van der Waals surface area contributed by atoms with Gasteiger partial charge in [-0.3, -0.25) is 4.99 Å². The molecule has 2 heterocycles. The number of aliphatic hydroxyl groups excluding tert-OH is 1. The Hall–Kier alpha value is -2.70. The Bertz CT molecular complexity index is 1600. The minimum atomic E-state index is -2.50. The van der Waals surface area contributed by atoms with E-state index in [9.17, 15) is 0 Å². The number of nitrogens with zero attached hydrogens (tertiary/aromatic N) is 4. The molecule has 270 valence electrons. The van der Waals surface area contributed by atoms with Gasteiger partial charge in [0.15, 0.2) is 18.7 Å². The van der Waals surface area contributed by atoms with Gasteiger partial charge in [-0.25, -0.2) is 4.74 Å². The number of anilines is 1. The van der Waals surface area contributed by atoms with Gasteiger partial charge in [-0.1, -0.05) is 70.2 Å². The number of rotatable bonds is 18. The first-order chi connectivity index (χ1) is 23.4. The van der Waals surface area contributed by atoms with Crippen molar-refractivity contribution in [2.75, 3.05) is 37.7 Å². The highest BCUT2D eigenvalue weighted by Gasteiger charge is 2.44. The molecule has 49 heavy (non-hydrogen) atoms. The monoisotopic (exact) mass is 712 g/mol. The fourth-order valence-electron chi connectivity index (χ4n) is 6.95. The van der Waals surface area contributed by atoms with Gasteiger partial charge in [-0.2, -0.15) is 4.58 Å². The van der Waals surface area contributed by atoms with Crippen molar-refractivity contribution in [3.8, 4) is 0 Å². The molecular formula is C40H60ClN4O3P. The predicted octanol–water partition coefficient (Wildman–Crippen LogP) is 6.79. The molecular weight excluding hydrogens is 651 g/mol. The van der Waals surface area contributed by atoms with E-state index in [1.54, 1.807) is 6.40 Å². The van der Waals surface area contributed by atoms with Crippen molar-refractivity contribution in [2.45, 2.75) is 111 Å². The van der Waals surface area contributed by atoms with Gasteiger partial charge in [0.05, 0.1) is 12.0 Å². The van der Waals surface area contributed by atoms with Gasteiger partial charge in [0.25, 0.3) is 7.51 Å². The highest BCUT2D eigenvalue weighted by atomic mass is 35.5. The van der Waals surface area contributed by atoms with Crippen LogP contribution in [0.15, 0.2) is 82.2 Å². The summed E-state index contributed by atoms with van der Waals surface area (Å²) in [5.74, 6) is 0. The summed E-state index contributed by atoms with van der Waals surface area (Å²) in [5, 5.41) is 4.55. The van der Waals surface area contributed by atoms with E-state index in [1.165, 1.54) is 33.9 Å². The summed E-state index contributed by atoms with van der Waals surface area (Å²) in [5.41, 5.74) is 7.71. The average Bonchev–Trinajstić information content (AvgIpc) is 3.41. The summed E-state index contributed by atoms with van der Waals surface area (Å²) in [4.78, 5) is 6.79. The van der Waals surface area contributed by atoms with Crippen molar-refractivity contribution in [1.82, 2.24) is 0 Å². The van der Waals surface area contributed by atoms with Crippen LogP contribution in [-0.2, 0) is 19.9 Å². The normalized spacial score (nSPS) is 18.7. The molecule has 0 amide bonds. The Morgan fingerprint density at radius 2 is 1.67 bits per heavy atom. The first kappa shape index (κ1) is 39.1. The number of hydrogen-bond acceptors (Lipinski definition) is 6. The molecule has 1 N–H and O–H groups in total. The number of aliphatic imine (C=N–C) groups is 1. The zero-order valence-corrected chi connectivity index (χ0v) is 32.9. The lowest BCUT2D eigenvalue weighted by Crippen LogP contribution is -3.00. The van der Waals surface area contributed by atoms with Crippen LogP contribution in [0.2, 0.25) is 0 Å². The molecule has 0 aliphatic carbocycles. The van der Waals surface area contributed by atoms with Gasteiger partial charge in [0, 0.05) is 72.3 Å². The third-order valence-corrected chi connectivity index (χ3v) is 12.5. The average molecular weight is 713 g/mol. The van der Waals surface area contributed by atoms with Crippen LogP contribution in [0.5, 0.6) is 0 Å². The predicted molar refractivity (Wildman–Crippen MR) is 205 cm³/mol. The van der Waals surface area contributed by atoms with E-state index in [1.807, 2.05) is 6.92 Å². The number of fused-ring (bicyclic) bond motifs is 2. The van der Waals surface area contributed by atoms with Gasteiger partial charge >= 0.3 is 0 Å². The van der Waals surface area contributed by atoms with Crippen LogP contribution in [-0.4, -0.2) is 67.8 Å². The summed E-state index contributed by atoms with van der Waals surface area (Å²) < 4.78 is 27.3. The standard InChI is InChI=1S/C40H60N4O3P.ClH/c1-10-41-30-47-48(32(4)5,42-31(2)3)46-29-19-27-44-36-23-15-13-21-34(36)40(8,9)38(44)25-18-24-37-39(6,7)33-20-12-14-22-35(33)43(37)26-16-11-17-28-45;/h12-15,18,20-25,30-32,45H,10-11,16-17,19,26-29H2,1-9H3;1H/q+1;/p-1/i45T;. The number of aliphatic hydroxyl groups is 1. The van der Waals surface area contributed by atoms with Crippen LogP contribution in [0.25, 0.3) is 0 Å². The second kappa shape index (κ2) is 18.0. The largest absolute Gasteiger partial charge is 1.00 e. The van der Waals surface area contributed by atoms with Crippen LogP contribution in [0.3, 0.4) is 0 Å². The summed E-state index contributed by atoms with van der Waals surface area (Å²) in [6.07, 6.45) is 12.3. The minimum absolute atomic E-state index is 0. The fraction of sp³-hybridized carbons (Fsp3) is 0.550. The second-order valence-corrected chi connectivity index (χ2v) is 17.3. The van der Waals surface area contributed by atoms with Crippen molar-refractivity contribution in [3.05, 3.63) is 83.6 Å². The van der Waals surface area contributed by atoms with E-state index in [0.717, 1.165) is 38.8 Å². The summed E-state index contributed by atoms with van der Waals surface area (Å²) >= 11 is 0. The van der Waals surface area contributed by atoms with Gasteiger partial charge in [-0.15, -0.1) is 0 Å². The molecule has 1 atom stereocenters. The number of benzene rings is 2. The highest BCUT2D eigenvalue weighted by Crippen LogP contribution is 2.56. The van der Waals surface area contributed by atoms with Gasteiger partial charge in [0.2, 0.25) is 7.12 Å². The second-order valence-electron chi connectivity index (χ2n) is 14.4. The Morgan fingerprint density at radius 3 is 2.37 bits per heavy atom. The first-order valence-corrected chi connectivity index (χ1v) is 19.6. The van der Waals surface area contributed by atoms with E-state index in [4.69, 9.17) is 15.2 Å². The van der Waals surface area contributed by atoms with Crippen LogP contribution in [0.4, 0.5) is 11.4 Å². The fourth-order valence-corrected chi connectivity index (χ4v) is 9.18.